The van der Waals surface area contributed by atoms with E-state index in [1.54, 1.807) is 0 Å². The lowest BCUT2D eigenvalue weighted by Gasteiger charge is -2.33. The molecule has 2 aliphatic rings. The SMILES string of the molecule is C[C@@H](Nc1cc(-c2nc(N(C)C3CCNCC3)c3c(C4CC4)cncc3n2)ccn1)c1ccccc1. The second-order valence-electron chi connectivity index (χ2n) is 10.1. The van der Waals surface area contributed by atoms with E-state index in [4.69, 9.17) is 9.97 Å². The van der Waals surface area contributed by atoms with Gasteiger partial charge >= 0.3 is 0 Å². The highest BCUT2D eigenvalue weighted by Gasteiger charge is 2.30. The molecule has 6 rings (SSSR count). The van der Waals surface area contributed by atoms with E-state index < -0.39 is 0 Å². The summed E-state index contributed by atoms with van der Waals surface area (Å²) in [7, 11) is 2.19. The second kappa shape index (κ2) is 9.82. The normalized spacial score (nSPS) is 17.2. The lowest BCUT2D eigenvalue weighted by atomic mass is 10.0. The number of nitrogens with zero attached hydrogens (tertiary/aromatic N) is 5. The minimum absolute atomic E-state index is 0.137. The van der Waals surface area contributed by atoms with Crippen molar-refractivity contribution in [2.75, 3.05) is 30.4 Å². The van der Waals surface area contributed by atoms with Gasteiger partial charge in [0.25, 0.3) is 0 Å². The van der Waals surface area contributed by atoms with Gasteiger partial charge in [-0.05, 0) is 74.9 Å². The molecule has 2 fully saturated rings. The van der Waals surface area contributed by atoms with Crippen LogP contribution in [0.5, 0.6) is 0 Å². The smallest absolute Gasteiger partial charge is 0.162 e. The molecule has 0 radical (unpaired) electrons. The van der Waals surface area contributed by atoms with Crippen LogP contribution in [0.15, 0.2) is 61.1 Å². The van der Waals surface area contributed by atoms with Gasteiger partial charge < -0.3 is 15.5 Å². The van der Waals surface area contributed by atoms with Gasteiger partial charge in [-0.2, -0.15) is 0 Å². The van der Waals surface area contributed by atoms with Crippen molar-refractivity contribution in [1.29, 1.82) is 0 Å². The Bertz CT molecular complexity index is 1350. The minimum atomic E-state index is 0.137. The fourth-order valence-corrected chi connectivity index (χ4v) is 5.24. The van der Waals surface area contributed by atoms with Crippen molar-refractivity contribution in [3.05, 3.63) is 72.2 Å². The maximum Gasteiger partial charge on any atom is 0.162 e. The van der Waals surface area contributed by atoms with Crippen molar-refractivity contribution in [2.45, 2.75) is 50.6 Å². The van der Waals surface area contributed by atoms with Crippen LogP contribution in [0.1, 0.15) is 55.7 Å². The molecule has 36 heavy (non-hydrogen) atoms. The number of fused-ring (bicyclic) bond motifs is 1. The monoisotopic (exact) mass is 479 g/mol. The van der Waals surface area contributed by atoms with Gasteiger partial charge in [-0.3, -0.25) is 4.98 Å². The van der Waals surface area contributed by atoms with Gasteiger partial charge in [0, 0.05) is 42.5 Å². The van der Waals surface area contributed by atoms with Crippen LogP contribution < -0.4 is 15.5 Å². The molecule has 3 aromatic heterocycles. The average Bonchev–Trinajstić information content (AvgIpc) is 3.78. The fraction of sp³-hybridized carbons (Fsp3) is 0.379. The molecule has 0 bridgehead atoms. The van der Waals surface area contributed by atoms with Crippen molar-refractivity contribution >= 4 is 22.5 Å². The first kappa shape index (κ1) is 22.9. The highest BCUT2D eigenvalue weighted by atomic mass is 15.2. The Morgan fingerprint density at radius 1 is 1.00 bits per heavy atom. The highest BCUT2D eigenvalue weighted by Crippen LogP contribution is 2.45. The van der Waals surface area contributed by atoms with E-state index in [9.17, 15) is 0 Å². The molecule has 0 spiro atoms. The number of pyridine rings is 2. The molecule has 7 heteroatoms. The molecular formula is C29H33N7. The van der Waals surface area contributed by atoms with E-state index in [-0.39, 0.29) is 6.04 Å². The Balaban J connectivity index is 1.39. The Morgan fingerprint density at radius 2 is 1.81 bits per heavy atom. The van der Waals surface area contributed by atoms with Crippen molar-refractivity contribution in [3.8, 4) is 11.4 Å². The summed E-state index contributed by atoms with van der Waals surface area (Å²) in [6.07, 6.45) is 10.4. The van der Waals surface area contributed by atoms with Crippen molar-refractivity contribution < 1.29 is 0 Å². The fourth-order valence-electron chi connectivity index (χ4n) is 5.24. The Morgan fingerprint density at radius 3 is 2.58 bits per heavy atom. The first-order chi connectivity index (χ1) is 17.7. The van der Waals surface area contributed by atoms with Crippen LogP contribution in [0.2, 0.25) is 0 Å². The molecule has 1 aromatic carbocycles. The largest absolute Gasteiger partial charge is 0.364 e. The number of nitrogens with one attached hydrogen (secondary N) is 2. The van der Waals surface area contributed by atoms with Gasteiger partial charge in [-0.15, -0.1) is 0 Å². The van der Waals surface area contributed by atoms with E-state index in [2.05, 4.69) is 63.7 Å². The zero-order valence-electron chi connectivity index (χ0n) is 21.0. The van der Waals surface area contributed by atoms with Gasteiger partial charge in [-0.1, -0.05) is 30.3 Å². The molecule has 1 saturated heterocycles. The third kappa shape index (κ3) is 4.63. The lowest BCUT2D eigenvalue weighted by molar-refractivity contribution is 0.442. The zero-order chi connectivity index (χ0) is 24.5. The Labute approximate surface area is 212 Å². The summed E-state index contributed by atoms with van der Waals surface area (Å²) in [5.41, 5.74) is 4.38. The number of hydrogen-bond acceptors (Lipinski definition) is 7. The first-order valence-electron chi connectivity index (χ1n) is 13.0. The van der Waals surface area contributed by atoms with Crippen LogP contribution in [0.3, 0.4) is 0 Å². The number of anilines is 2. The molecule has 0 amide bonds. The Hall–Kier alpha value is -3.58. The lowest BCUT2D eigenvalue weighted by Crippen LogP contribution is -2.41. The second-order valence-corrected chi connectivity index (χ2v) is 10.1. The minimum Gasteiger partial charge on any atom is -0.364 e. The maximum absolute atomic E-state index is 5.21. The van der Waals surface area contributed by atoms with E-state index in [0.29, 0.717) is 17.8 Å². The van der Waals surface area contributed by atoms with Crippen molar-refractivity contribution in [1.82, 2.24) is 25.3 Å². The summed E-state index contributed by atoms with van der Waals surface area (Å²) < 4.78 is 0. The van der Waals surface area contributed by atoms with E-state index in [1.165, 1.54) is 29.4 Å². The zero-order valence-corrected chi connectivity index (χ0v) is 21.0. The van der Waals surface area contributed by atoms with E-state index in [0.717, 1.165) is 48.6 Å². The standard InChI is InChI=1S/C29H33N7/c1-19(20-6-4-3-5-7-20)33-26-16-22(10-15-32-26)28-34-25-18-31-17-24(21-8-9-21)27(25)29(35-28)36(2)23-11-13-30-14-12-23/h3-7,10,15-19,21,23,30H,8-9,11-14H2,1-2H3,(H,32,33)/t19-/m1/s1. The maximum atomic E-state index is 5.21. The molecule has 1 atom stereocenters. The summed E-state index contributed by atoms with van der Waals surface area (Å²) in [6.45, 7) is 4.23. The predicted molar refractivity (Wildman–Crippen MR) is 145 cm³/mol. The molecule has 4 heterocycles. The van der Waals surface area contributed by atoms with Crippen LogP contribution in [-0.4, -0.2) is 46.1 Å². The van der Waals surface area contributed by atoms with E-state index >= 15 is 0 Å². The highest BCUT2D eigenvalue weighted by molar-refractivity contribution is 5.94. The van der Waals surface area contributed by atoms with Gasteiger partial charge in [0.15, 0.2) is 5.82 Å². The van der Waals surface area contributed by atoms with Crippen LogP contribution >= 0.6 is 0 Å². The predicted octanol–water partition coefficient (Wildman–Crippen LogP) is 5.33. The number of piperidine rings is 1. The molecule has 4 aromatic rings. The van der Waals surface area contributed by atoms with Gasteiger partial charge in [-0.25, -0.2) is 15.0 Å². The van der Waals surface area contributed by atoms with Crippen molar-refractivity contribution in [3.63, 3.8) is 0 Å². The number of hydrogen-bond donors (Lipinski definition) is 2. The third-order valence-electron chi connectivity index (χ3n) is 7.51. The average molecular weight is 480 g/mol. The molecule has 184 valence electrons. The molecule has 1 saturated carbocycles. The van der Waals surface area contributed by atoms with Crippen LogP contribution in [0.25, 0.3) is 22.3 Å². The Kier molecular flexibility index (Phi) is 6.23. The summed E-state index contributed by atoms with van der Waals surface area (Å²) in [5.74, 6) is 3.12. The molecule has 1 aliphatic carbocycles. The quantitative estimate of drug-likeness (QED) is 0.371. The van der Waals surface area contributed by atoms with E-state index in [1.807, 2.05) is 36.8 Å². The summed E-state index contributed by atoms with van der Waals surface area (Å²) >= 11 is 0. The number of rotatable bonds is 7. The number of benzene rings is 1. The summed E-state index contributed by atoms with van der Waals surface area (Å²) in [4.78, 5) is 21.8. The summed E-state index contributed by atoms with van der Waals surface area (Å²) in [6, 6.07) is 15.0. The molecule has 7 nitrogen and oxygen atoms in total. The van der Waals surface area contributed by atoms with Crippen molar-refractivity contribution in [2.24, 2.45) is 0 Å². The van der Waals surface area contributed by atoms with Gasteiger partial charge in [0.2, 0.25) is 0 Å². The first-order valence-corrected chi connectivity index (χ1v) is 13.0. The van der Waals surface area contributed by atoms with Gasteiger partial charge in [0.1, 0.15) is 11.6 Å². The van der Waals surface area contributed by atoms with Crippen LogP contribution in [-0.2, 0) is 0 Å². The molecular weight excluding hydrogens is 446 g/mol. The molecule has 0 unspecified atom stereocenters. The topological polar surface area (TPSA) is 78.9 Å². The van der Waals surface area contributed by atoms with Crippen LogP contribution in [0.4, 0.5) is 11.6 Å². The summed E-state index contributed by atoms with van der Waals surface area (Å²) in [5, 5.41) is 8.18. The van der Waals surface area contributed by atoms with Gasteiger partial charge in [0.05, 0.1) is 11.7 Å². The molecule has 2 N–H and O–H groups in total. The molecule has 1 aliphatic heterocycles. The van der Waals surface area contributed by atoms with Crippen LogP contribution in [0, 0.1) is 0 Å². The third-order valence-corrected chi connectivity index (χ3v) is 7.51. The number of aromatic nitrogens is 4.